The van der Waals surface area contributed by atoms with E-state index in [1.165, 1.54) is 0 Å². The van der Waals surface area contributed by atoms with Crippen molar-refractivity contribution < 1.29 is 10.2 Å². The topological polar surface area (TPSA) is 90.3 Å². The van der Waals surface area contributed by atoms with Crippen LogP contribution < -0.4 is 10.6 Å². The minimum atomic E-state index is -0.786. The molecule has 4 N–H and O–H groups in total. The Bertz CT molecular complexity index is 353. The van der Waals surface area contributed by atoms with Crippen molar-refractivity contribution >= 4 is 11.6 Å². The van der Waals surface area contributed by atoms with Gasteiger partial charge in [0.2, 0.25) is 0 Å². The second-order valence-electron chi connectivity index (χ2n) is 3.94. The molecule has 0 bridgehead atoms. The minimum absolute atomic E-state index is 0.179. The lowest BCUT2D eigenvalue weighted by Gasteiger charge is -2.27. The normalized spacial score (nSPS) is 11.3. The summed E-state index contributed by atoms with van der Waals surface area (Å²) in [7, 11) is 1.77. The summed E-state index contributed by atoms with van der Waals surface area (Å²) in [5, 5.41) is 24.2. The monoisotopic (exact) mass is 226 g/mol. The van der Waals surface area contributed by atoms with Crippen molar-refractivity contribution in [1.82, 2.24) is 9.97 Å². The lowest BCUT2D eigenvalue weighted by Crippen LogP contribution is -2.42. The van der Waals surface area contributed by atoms with E-state index in [2.05, 4.69) is 20.6 Å². The van der Waals surface area contributed by atoms with Gasteiger partial charge in [-0.1, -0.05) is 0 Å². The number of nitrogens with zero attached hydrogens (tertiary/aromatic N) is 2. The maximum atomic E-state index is 9.16. The summed E-state index contributed by atoms with van der Waals surface area (Å²) in [6, 6.07) is 1.72. The predicted molar refractivity (Wildman–Crippen MR) is 62.5 cm³/mol. The summed E-state index contributed by atoms with van der Waals surface area (Å²) in [5.74, 6) is 1.88. The van der Waals surface area contributed by atoms with Gasteiger partial charge in [0.05, 0.1) is 18.8 Å². The number of hydrogen-bond donors (Lipinski definition) is 4. The zero-order valence-corrected chi connectivity index (χ0v) is 9.78. The van der Waals surface area contributed by atoms with Crippen molar-refractivity contribution in [2.24, 2.45) is 0 Å². The third-order valence-electron chi connectivity index (χ3n) is 2.22. The van der Waals surface area contributed by atoms with Gasteiger partial charge in [-0.2, -0.15) is 0 Å². The van der Waals surface area contributed by atoms with Crippen LogP contribution in [0.2, 0.25) is 0 Å². The van der Waals surface area contributed by atoms with Gasteiger partial charge in [0.25, 0.3) is 0 Å². The van der Waals surface area contributed by atoms with E-state index in [9.17, 15) is 0 Å². The van der Waals surface area contributed by atoms with Crippen LogP contribution >= 0.6 is 0 Å². The summed E-state index contributed by atoms with van der Waals surface area (Å²) >= 11 is 0. The summed E-state index contributed by atoms with van der Waals surface area (Å²) in [6.45, 7) is 3.13. The number of aliphatic hydroxyl groups excluding tert-OH is 2. The molecule has 0 fully saturated rings. The van der Waals surface area contributed by atoms with Crippen molar-refractivity contribution in [2.75, 3.05) is 30.9 Å². The number of rotatable bonds is 5. The molecule has 0 aliphatic heterocycles. The van der Waals surface area contributed by atoms with Crippen molar-refractivity contribution in [3.05, 3.63) is 11.9 Å². The van der Waals surface area contributed by atoms with Crippen molar-refractivity contribution in [2.45, 2.75) is 19.4 Å². The number of anilines is 2. The molecule has 0 atom stereocenters. The van der Waals surface area contributed by atoms with Gasteiger partial charge in [0.15, 0.2) is 0 Å². The van der Waals surface area contributed by atoms with Crippen LogP contribution in [0.5, 0.6) is 0 Å². The highest BCUT2D eigenvalue weighted by Crippen LogP contribution is 2.15. The highest BCUT2D eigenvalue weighted by atomic mass is 16.3. The molecule has 0 amide bonds. The Kier molecular flexibility index (Phi) is 4.03. The van der Waals surface area contributed by atoms with Gasteiger partial charge < -0.3 is 20.8 Å². The summed E-state index contributed by atoms with van der Waals surface area (Å²) in [4.78, 5) is 8.33. The molecular weight excluding hydrogens is 208 g/mol. The molecule has 16 heavy (non-hydrogen) atoms. The van der Waals surface area contributed by atoms with E-state index in [1.54, 1.807) is 27.0 Å². The lowest BCUT2D eigenvalue weighted by atomic mass is 10.1. The average molecular weight is 226 g/mol. The number of aliphatic hydroxyl groups is 2. The van der Waals surface area contributed by atoms with Crippen molar-refractivity contribution in [3.8, 4) is 0 Å². The fourth-order valence-electron chi connectivity index (χ4n) is 1.20. The molecule has 0 aromatic carbocycles. The van der Waals surface area contributed by atoms with Crippen LogP contribution in [0.1, 0.15) is 12.7 Å². The molecule has 0 aliphatic rings. The van der Waals surface area contributed by atoms with E-state index >= 15 is 0 Å². The van der Waals surface area contributed by atoms with Gasteiger partial charge in [-0.3, -0.25) is 0 Å². The Morgan fingerprint density at radius 1 is 1.25 bits per heavy atom. The van der Waals surface area contributed by atoms with Crippen molar-refractivity contribution in [3.63, 3.8) is 0 Å². The molecule has 0 aliphatic carbocycles. The number of aromatic nitrogens is 2. The molecular formula is C10H18N4O2. The molecule has 0 unspecified atom stereocenters. The van der Waals surface area contributed by atoms with Crippen LogP contribution in [0.15, 0.2) is 6.07 Å². The van der Waals surface area contributed by atoms with Crippen LogP contribution in [0.4, 0.5) is 11.6 Å². The van der Waals surface area contributed by atoms with Gasteiger partial charge in [0, 0.05) is 13.1 Å². The average Bonchev–Trinajstić information content (AvgIpc) is 2.28. The summed E-state index contributed by atoms with van der Waals surface area (Å²) < 4.78 is 0. The molecule has 0 spiro atoms. The van der Waals surface area contributed by atoms with E-state index in [0.29, 0.717) is 17.5 Å². The van der Waals surface area contributed by atoms with Gasteiger partial charge in [-0.05, 0) is 13.8 Å². The minimum Gasteiger partial charge on any atom is -0.394 e. The van der Waals surface area contributed by atoms with E-state index in [4.69, 9.17) is 10.2 Å². The zero-order valence-electron chi connectivity index (χ0n) is 9.78. The van der Waals surface area contributed by atoms with Crippen LogP contribution in [0.25, 0.3) is 0 Å². The highest BCUT2D eigenvalue weighted by Gasteiger charge is 2.22. The molecule has 90 valence electrons. The Balaban J connectivity index is 2.92. The fraction of sp³-hybridized carbons (Fsp3) is 0.600. The van der Waals surface area contributed by atoms with Gasteiger partial charge in [-0.15, -0.1) is 0 Å². The number of aryl methyl sites for hydroxylation is 1. The first-order valence-corrected chi connectivity index (χ1v) is 5.06. The molecule has 0 saturated heterocycles. The van der Waals surface area contributed by atoms with Crippen LogP contribution in [0, 0.1) is 6.92 Å². The van der Waals surface area contributed by atoms with Crippen molar-refractivity contribution in [1.29, 1.82) is 0 Å². The lowest BCUT2D eigenvalue weighted by molar-refractivity contribution is 0.147. The Morgan fingerprint density at radius 3 is 2.31 bits per heavy atom. The fourth-order valence-corrected chi connectivity index (χ4v) is 1.20. The van der Waals surface area contributed by atoms with E-state index in [0.717, 1.165) is 0 Å². The Morgan fingerprint density at radius 2 is 1.81 bits per heavy atom. The van der Waals surface area contributed by atoms with E-state index in [-0.39, 0.29) is 13.2 Å². The first-order valence-electron chi connectivity index (χ1n) is 5.06. The second kappa shape index (κ2) is 5.09. The molecule has 0 radical (unpaired) electrons. The largest absolute Gasteiger partial charge is 0.394 e. The maximum Gasteiger partial charge on any atom is 0.132 e. The smallest absolute Gasteiger partial charge is 0.132 e. The summed E-state index contributed by atoms with van der Waals surface area (Å²) in [6.07, 6.45) is 0. The molecule has 6 nitrogen and oxygen atoms in total. The Labute approximate surface area is 94.7 Å². The van der Waals surface area contributed by atoms with E-state index < -0.39 is 5.54 Å². The highest BCUT2D eigenvalue weighted by molar-refractivity contribution is 5.48. The van der Waals surface area contributed by atoms with Gasteiger partial charge in [-0.25, -0.2) is 9.97 Å². The van der Waals surface area contributed by atoms with Crippen LogP contribution in [-0.2, 0) is 0 Å². The molecule has 1 aromatic rings. The SMILES string of the molecule is CNc1cc(NC(C)(CO)CO)nc(C)n1. The van der Waals surface area contributed by atoms with Crippen LogP contribution in [-0.4, -0.2) is 46.0 Å². The third-order valence-corrected chi connectivity index (χ3v) is 2.22. The van der Waals surface area contributed by atoms with Crippen LogP contribution in [0.3, 0.4) is 0 Å². The molecule has 1 aromatic heterocycles. The number of hydrogen-bond acceptors (Lipinski definition) is 6. The standard InChI is InChI=1S/C10H18N4O2/c1-7-12-8(11-3)4-9(13-7)14-10(2,5-15)6-16/h4,15-16H,5-6H2,1-3H3,(H2,11,12,13,14). The maximum absolute atomic E-state index is 9.16. The quantitative estimate of drug-likeness (QED) is 0.564. The van der Waals surface area contributed by atoms with E-state index in [1.807, 2.05) is 0 Å². The summed E-state index contributed by atoms with van der Waals surface area (Å²) in [5.41, 5.74) is -0.786. The van der Waals surface area contributed by atoms with Gasteiger partial charge in [0.1, 0.15) is 17.5 Å². The predicted octanol–water partition coefficient (Wildman–Crippen LogP) is -0.0181. The second-order valence-corrected chi connectivity index (χ2v) is 3.94. The zero-order chi connectivity index (χ0) is 12.2. The first-order chi connectivity index (χ1) is 7.53. The molecule has 1 rings (SSSR count). The first kappa shape index (κ1) is 12.7. The number of nitrogens with one attached hydrogen (secondary N) is 2. The molecule has 1 heterocycles. The Hall–Kier alpha value is -1.40. The molecule has 6 heteroatoms. The van der Waals surface area contributed by atoms with Gasteiger partial charge >= 0.3 is 0 Å². The third kappa shape index (κ3) is 3.04. The molecule has 0 saturated carbocycles.